The molecule has 0 saturated heterocycles. The Bertz CT molecular complexity index is 3520. The zero-order chi connectivity index (χ0) is 39.6. The Hall–Kier alpha value is -7.73. The van der Waals surface area contributed by atoms with E-state index in [4.69, 9.17) is 19.4 Å². The van der Waals surface area contributed by atoms with E-state index in [0.717, 1.165) is 94.4 Å². The topological polar surface area (TPSA) is 51.8 Å². The van der Waals surface area contributed by atoms with Gasteiger partial charge in [-0.05, 0) is 41.0 Å². The summed E-state index contributed by atoms with van der Waals surface area (Å²) in [6, 6.07) is 70.1. The van der Waals surface area contributed by atoms with E-state index in [2.05, 4.69) is 152 Å². The van der Waals surface area contributed by atoms with Crippen LogP contribution in [0.3, 0.4) is 0 Å². The molecule has 0 amide bonds. The number of thiophene rings is 1. The van der Waals surface area contributed by atoms with Crippen LogP contribution in [0.1, 0.15) is 0 Å². The molecule has 280 valence electrons. The van der Waals surface area contributed by atoms with Gasteiger partial charge in [-0.3, -0.25) is 0 Å². The zero-order valence-electron chi connectivity index (χ0n) is 32.2. The van der Waals surface area contributed by atoms with E-state index in [1.165, 1.54) is 20.2 Å². The van der Waals surface area contributed by atoms with Crippen molar-refractivity contribution in [3.8, 4) is 67.4 Å². The van der Waals surface area contributed by atoms with Crippen molar-refractivity contribution >= 4 is 64.4 Å². The van der Waals surface area contributed by atoms with Crippen LogP contribution in [0, 0.1) is 0 Å². The lowest BCUT2D eigenvalue weighted by molar-refractivity contribution is 0.669. The second-order valence-corrected chi connectivity index (χ2v) is 16.1. The first-order valence-corrected chi connectivity index (χ1v) is 20.9. The molecule has 8 aromatic carbocycles. The van der Waals surface area contributed by atoms with Gasteiger partial charge < -0.3 is 4.42 Å². The number of hydrogen-bond acceptors (Lipinski definition) is 5. The Morgan fingerprint density at radius 3 is 1.68 bits per heavy atom. The average Bonchev–Trinajstić information content (AvgIpc) is 3.91. The van der Waals surface area contributed by atoms with Crippen LogP contribution in [0.4, 0.5) is 0 Å². The first-order valence-electron chi connectivity index (χ1n) is 20.1. The van der Waals surface area contributed by atoms with Gasteiger partial charge in [0.15, 0.2) is 5.82 Å². The van der Waals surface area contributed by atoms with Crippen LogP contribution in [-0.4, -0.2) is 15.0 Å². The Kier molecular flexibility index (Phi) is 8.00. The number of hydrogen-bond donors (Lipinski definition) is 0. The highest BCUT2D eigenvalue weighted by atomic mass is 32.1. The second-order valence-electron chi connectivity index (χ2n) is 15.1. The lowest BCUT2D eigenvalue weighted by Crippen LogP contribution is -1.96. The van der Waals surface area contributed by atoms with Gasteiger partial charge in [0.05, 0.1) is 27.3 Å². The summed E-state index contributed by atoms with van der Waals surface area (Å²) in [6.45, 7) is 0. The number of fused-ring (bicyclic) bond motifs is 8. The minimum atomic E-state index is 0.701. The summed E-state index contributed by atoms with van der Waals surface area (Å²) in [7, 11) is 0. The molecule has 0 bridgehead atoms. The number of furan rings is 1. The molecule has 4 aromatic heterocycles. The molecule has 0 aliphatic heterocycles. The highest BCUT2D eigenvalue weighted by Gasteiger charge is 2.20. The molecule has 12 rings (SSSR count). The maximum Gasteiger partial charge on any atom is 0.160 e. The molecule has 0 spiro atoms. The molecular weight excluding hydrogens is 751 g/mol. The molecule has 0 N–H and O–H groups in total. The lowest BCUT2D eigenvalue weighted by atomic mass is 9.95. The number of rotatable bonds is 6. The van der Waals surface area contributed by atoms with Crippen LogP contribution < -0.4 is 0 Å². The molecule has 0 aliphatic carbocycles. The molecule has 0 atom stereocenters. The van der Waals surface area contributed by atoms with Gasteiger partial charge in [-0.15, -0.1) is 11.3 Å². The Labute approximate surface area is 349 Å². The molecule has 0 aliphatic rings. The van der Waals surface area contributed by atoms with Gasteiger partial charge in [-0.1, -0.05) is 176 Å². The van der Waals surface area contributed by atoms with Crippen LogP contribution >= 0.6 is 11.3 Å². The van der Waals surface area contributed by atoms with Gasteiger partial charge in [0.1, 0.15) is 11.2 Å². The third kappa shape index (κ3) is 5.70. The molecule has 4 nitrogen and oxygen atoms in total. The largest absolute Gasteiger partial charge is 0.456 e. The van der Waals surface area contributed by atoms with Crippen molar-refractivity contribution in [2.45, 2.75) is 0 Å². The first kappa shape index (κ1) is 34.3. The molecule has 5 heteroatoms. The van der Waals surface area contributed by atoms with Crippen molar-refractivity contribution in [3.63, 3.8) is 0 Å². The van der Waals surface area contributed by atoms with Crippen LogP contribution in [0.15, 0.2) is 205 Å². The Morgan fingerprint density at radius 2 is 0.917 bits per heavy atom. The van der Waals surface area contributed by atoms with Crippen molar-refractivity contribution < 1.29 is 4.42 Å². The van der Waals surface area contributed by atoms with Crippen molar-refractivity contribution in [2.24, 2.45) is 0 Å². The van der Waals surface area contributed by atoms with Crippen molar-refractivity contribution in [1.29, 1.82) is 0 Å². The number of benzene rings is 8. The van der Waals surface area contributed by atoms with Gasteiger partial charge in [-0.2, -0.15) is 0 Å². The van der Waals surface area contributed by atoms with E-state index in [9.17, 15) is 0 Å². The molecule has 4 heterocycles. The van der Waals surface area contributed by atoms with E-state index < -0.39 is 0 Å². The quantitative estimate of drug-likeness (QED) is 0.169. The molecule has 0 radical (unpaired) electrons. The van der Waals surface area contributed by atoms with Crippen molar-refractivity contribution in [3.05, 3.63) is 200 Å². The summed E-state index contributed by atoms with van der Waals surface area (Å²) < 4.78 is 8.65. The predicted molar refractivity (Wildman–Crippen MR) is 250 cm³/mol. The number of aromatic nitrogens is 3. The third-order valence-corrected chi connectivity index (χ3v) is 12.7. The van der Waals surface area contributed by atoms with E-state index in [1.54, 1.807) is 0 Å². The van der Waals surface area contributed by atoms with E-state index in [0.29, 0.717) is 5.82 Å². The van der Waals surface area contributed by atoms with Crippen LogP contribution in [-0.2, 0) is 0 Å². The van der Waals surface area contributed by atoms with Gasteiger partial charge >= 0.3 is 0 Å². The summed E-state index contributed by atoms with van der Waals surface area (Å²) in [4.78, 5) is 15.7. The number of para-hydroxylation sites is 2. The fourth-order valence-electron chi connectivity index (χ4n) is 8.65. The third-order valence-electron chi connectivity index (χ3n) is 11.5. The van der Waals surface area contributed by atoms with Crippen molar-refractivity contribution in [2.75, 3.05) is 0 Å². The van der Waals surface area contributed by atoms with Crippen LogP contribution in [0.2, 0.25) is 0 Å². The summed E-state index contributed by atoms with van der Waals surface area (Å²) in [5.74, 6) is 0.701. The molecule has 0 fully saturated rings. The Balaban J connectivity index is 0.991. The highest BCUT2D eigenvalue weighted by Crippen LogP contribution is 2.45. The molecule has 0 saturated carbocycles. The summed E-state index contributed by atoms with van der Waals surface area (Å²) in [5.41, 5.74) is 14.2. The van der Waals surface area contributed by atoms with Gasteiger partial charge in [-0.25, -0.2) is 15.0 Å². The van der Waals surface area contributed by atoms with Gasteiger partial charge in [0, 0.05) is 59.4 Å². The van der Waals surface area contributed by atoms with Gasteiger partial charge in [0.25, 0.3) is 0 Å². The fourth-order valence-corrected chi connectivity index (χ4v) is 9.88. The monoisotopic (exact) mass is 783 g/mol. The van der Waals surface area contributed by atoms with E-state index in [-0.39, 0.29) is 0 Å². The van der Waals surface area contributed by atoms with Crippen molar-refractivity contribution in [1.82, 2.24) is 15.0 Å². The lowest BCUT2D eigenvalue weighted by Gasteiger charge is -2.13. The minimum absolute atomic E-state index is 0.701. The maximum atomic E-state index is 6.22. The summed E-state index contributed by atoms with van der Waals surface area (Å²) >= 11 is 1.81. The second kappa shape index (κ2) is 14.0. The van der Waals surface area contributed by atoms with Crippen LogP contribution in [0.5, 0.6) is 0 Å². The SMILES string of the molecule is c1ccc(-c2cc(-c3ccc(-c4nc5c(-c6ccc(-c7cccc8oc9ccccc9c78)cc6)cccc5c5c4sc4ccccc45)cc3)nc(-c3ccccc3)n2)cc1. The number of pyridine rings is 1. The molecule has 0 unspecified atom stereocenters. The zero-order valence-corrected chi connectivity index (χ0v) is 33.0. The first-order chi connectivity index (χ1) is 29.7. The maximum absolute atomic E-state index is 6.22. The standard InChI is InChI=1S/C55H33N3OS/c1-3-13-36(14-4-1)45-33-46(57-55(56-45)39-15-5-2-6-16-39)37-29-31-38(32-30-37)52-54-51(43-18-8-10-24-49(43)60-54)44-21-11-20-41(53(44)58-52)35-27-25-34(26-28-35)40-19-12-23-48-50(40)42-17-7-9-22-47(42)59-48/h1-33H. The molecule has 12 aromatic rings. The Morgan fingerprint density at radius 1 is 0.367 bits per heavy atom. The van der Waals surface area contributed by atoms with E-state index in [1.807, 2.05) is 59.9 Å². The molecule has 60 heavy (non-hydrogen) atoms. The fraction of sp³-hybridized carbons (Fsp3) is 0. The summed E-state index contributed by atoms with van der Waals surface area (Å²) in [6.07, 6.45) is 0. The predicted octanol–water partition coefficient (Wildman–Crippen LogP) is 15.3. The smallest absolute Gasteiger partial charge is 0.160 e. The average molecular weight is 784 g/mol. The highest BCUT2D eigenvalue weighted by molar-refractivity contribution is 7.26. The normalized spacial score (nSPS) is 11.7. The number of nitrogens with zero attached hydrogens (tertiary/aromatic N) is 3. The summed E-state index contributed by atoms with van der Waals surface area (Å²) in [5, 5.41) is 5.92. The van der Waals surface area contributed by atoms with E-state index >= 15 is 0 Å². The minimum Gasteiger partial charge on any atom is -0.456 e. The molecular formula is C55H33N3OS. The van der Waals surface area contributed by atoms with Crippen LogP contribution in [0.25, 0.3) is 120 Å². The van der Waals surface area contributed by atoms with Gasteiger partial charge in [0.2, 0.25) is 0 Å².